The molecule has 2 aliphatic heterocycles. The lowest BCUT2D eigenvalue weighted by Gasteiger charge is -2.36. The quantitative estimate of drug-likeness (QED) is 0.785. The molecule has 7 heteroatoms. The van der Waals surface area contributed by atoms with Crippen LogP contribution >= 0.6 is 23.8 Å². The van der Waals surface area contributed by atoms with E-state index < -0.39 is 0 Å². The molecule has 140 valence electrons. The van der Waals surface area contributed by atoms with E-state index in [1.807, 2.05) is 29.3 Å². The van der Waals surface area contributed by atoms with E-state index in [9.17, 15) is 0 Å². The number of thiocarbonyl (C=S) groups is 1. The summed E-state index contributed by atoms with van der Waals surface area (Å²) in [5.41, 5.74) is 1.86. The Labute approximate surface area is 164 Å². The summed E-state index contributed by atoms with van der Waals surface area (Å²) in [5.74, 6) is 0. The van der Waals surface area contributed by atoms with Crippen molar-refractivity contribution in [3.05, 3.63) is 34.9 Å². The first-order valence-electron chi connectivity index (χ1n) is 9.36. The summed E-state index contributed by atoms with van der Waals surface area (Å²) in [6.45, 7) is 1.58. The van der Waals surface area contributed by atoms with Crippen LogP contribution in [0.1, 0.15) is 50.5 Å². The molecule has 0 aromatic heterocycles. The van der Waals surface area contributed by atoms with E-state index in [1.54, 1.807) is 0 Å². The molecule has 26 heavy (non-hydrogen) atoms. The fraction of sp³-hybridized carbons (Fsp3) is 0.579. The Morgan fingerprint density at radius 2 is 1.92 bits per heavy atom. The molecule has 0 amide bonds. The van der Waals surface area contributed by atoms with Crippen molar-refractivity contribution in [1.82, 2.24) is 10.4 Å². The van der Waals surface area contributed by atoms with Crippen LogP contribution in [0.25, 0.3) is 0 Å². The molecule has 2 heterocycles. The molecule has 1 saturated heterocycles. The molecule has 5 nitrogen and oxygen atoms in total. The molecule has 0 radical (unpaired) electrons. The maximum absolute atomic E-state index is 5.97. The van der Waals surface area contributed by atoms with Crippen molar-refractivity contribution in [3.63, 3.8) is 0 Å². The number of rotatable bonds is 3. The van der Waals surface area contributed by atoms with E-state index >= 15 is 0 Å². The molecule has 1 saturated carbocycles. The molecule has 0 bridgehead atoms. The smallest absolute Gasteiger partial charge is 0.278 e. The maximum Gasteiger partial charge on any atom is 0.278 e. The second-order valence-corrected chi connectivity index (χ2v) is 8.24. The molecular formula is C19H24ClN3O2S. The Hall–Kier alpha value is -1.37. The zero-order valence-electron chi connectivity index (χ0n) is 14.7. The van der Waals surface area contributed by atoms with Gasteiger partial charge in [0.25, 0.3) is 5.17 Å². The standard InChI is InChI=1S/C19H24ClN3O2S/c20-15-7-5-14(6-8-15)17-13-19(25-22-17)9-11-23(12-10-19)24-18(26)21-16-3-1-2-4-16/h5-8,16H,1-4,9-13H2,(H,21,26). The van der Waals surface area contributed by atoms with Crippen LogP contribution in [0.5, 0.6) is 0 Å². The average Bonchev–Trinajstić information content (AvgIpc) is 3.28. The van der Waals surface area contributed by atoms with Crippen LogP contribution in [0.15, 0.2) is 29.4 Å². The van der Waals surface area contributed by atoms with Crippen LogP contribution in [-0.4, -0.2) is 40.7 Å². The number of hydroxylamine groups is 2. The molecular weight excluding hydrogens is 370 g/mol. The molecule has 4 rings (SSSR count). The summed E-state index contributed by atoms with van der Waals surface area (Å²) in [6, 6.07) is 8.24. The van der Waals surface area contributed by atoms with Crippen molar-refractivity contribution in [2.45, 2.75) is 56.6 Å². The average molecular weight is 394 g/mol. The third-order valence-electron chi connectivity index (χ3n) is 5.54. The summed E-state index contributed by atoms with van der Waals surface area (Å²) in [6.07, 6.45) is 7.50. The summed E-state index contributed by atoms with van der Waals surface area (Å²) < 4.78 is 0. The van der Waals surface area contributed by atoms with E-state index in [-0.39, 0.29) is 5.60 Å². The minimum absolute atomic E-state index is 0.213. The number of piperidine rings is 1. The Kier molecular flexibility index (Phi) is 5.34. The molecule has 1 N–H and O–H groups in total. The van der Waals surface area contributed by atoms with Crippen LogP contribution in [-0.2, 0) is 9.68 Å². The van der Waals surface area contributed by atoms with E-state index in [2.05, 4.69) is 10.5 Å². The van der Waals surface area contributed by atoms with Crippen molar-refractivity contribution in [3.8, 4) is 0 Å². The number of hydrogen-bond acceptors (Lipinski definition) is 5. The van der Waals surface area contributed by atoms with Gasteiger partial charge >= 0.3 is 0 Å². The molecule has 3 aliphatic rings. The van der Waals surface area contributed by atoms with Gasteiger partial charge in [0, 0.05) is 43.4 Å². The Bertz CT molecular complexity index is 681. The topological polar surface area (TPSA) is 46.1 Å². The Morgan fingerprint density at radius 1 is 1.23 bits per heavy atom. The van der Waals surface area contributed by atoms with Crippen LogP contribution < -0.4 is 5.32 Å². The lowest BCUT2D eigenvalue weighted by atomic mass is 9.86. The monoisotopic (exact) mass is 393 g/mol. The maximum atomic E-state index is 5.97. The fourth-order valence-corrected chi connectivity index (χ4v) is 4.35. The lowest BCUT2D eigenvalue weighted by molar-refractivity contribution is -0.145. The van der Waals surface area contributed by atoms with Crippen LogP contribution in [0.3, 0.4) is 0 Å². The highest BCUT2D eigenvalue weighted by Gasteiger charge is 2.43. The number of nitrogens with one attached hydrogen (secondary N) is 1. The summed E-state index contributed by atoms with van der Waals surface area (Å²) in [7, 11) is 0. The van der Waals surface area contributed by atoms with E-state index in [0.29, 0.717) is 11.2 Å². The van der Waals surface area contributed by atoms with Crippen molar-refractivity contribution in [2.24, 2.45) is 5.16 Å². The van der Waals surface area contributed by atoms with Crippen LogP contribution in [0.2, 0.25) is 5.02 Å². The van der Waals surface area contributed by atoms with Gasteiger partial charge in [-0.15, -0.1) is 5.06 Å². The highest BCUT2D eigenvalue weighted by molar-refractivity contribution is 7.80. The SMILES string of the molecule is S=C(NC1CCCC1)ON1CCC2(CC1)CC(c1ccc(Cl)cc1)=NO2. The third-order valence-corrected chi connectivity index (χ3v) is 5.98. The van der Waals surface area contributed by atoms with Crippen LogP contribution in [0, 0.1) is 0 Å². The van der Waals surface area contributed by atoms with Crippen molar-refractivity contribution in [2.75, 3.05) is 13.1 Å². The fourth-order valence-electron chi connectivity index (χ4n) is 3.95. The van der Waals surface area contributed by atoms with Gasteiger partial charge in [-0.25, -0.2) is 0 Å². The molecule has 2 fully saturated rings. The molecule has 1 aromatic carbocycles. The van der Waals surface area contributed by atoms with Gasteiger partial charge in [-0.2, -0.15) is 0 Å². The Morgan fingerprint density at radius 3 is 2.62 bits per heavy atom. The first kappa shape index (κ1) is 18.0. The van der Waals surface area contributed by atoms with Crippen molar-refractivity contribution >= 4 is 34.7 Å². The first-order chi connectivity index (χ1) is 12.6. The van der Waals surface area contributed by atoms with Crippen molar-refractivity contribution in [1.29, 1.82) is 0 Å². The second-order valence-electron chi connectivity index (χ2n) is 7.43. The highest BCUT2D eigenvalue weighted by Crippen LogP contribution is 2.36. The minimum atomic E-state index is -0.213. The zero-order chi connectivity index (χ0) is 18.0. The molecule has 1 aliphatic carbocycles. The van der Waals surface area contributed by atoms with E-state index in [0.717, 1.165) is 48.6 Å². The Balaban J connectivity index is 1.26. The minimum Gasteiger partial charge on any atom is -0.388 e. The predicted octanol–water partition coefficient (Wildman–Crippen LogP) is 4.05. The van der Waals surface area contributed by atoms with Gasteiger partial charge in [0.1, 0.15) is 5.60 Å². The summed E-state index contributed by atoms with van der Waals surface area (Å²) in [5, 5.41) is 10.8. The predicted molar refractivity (Wildman–Crippen MR) is 106 cm³/mol. The number of halogens is 1. The van der Waals surface area contributed by atoms with Gasteiger partial charge in [-0.05, 0) is 42.8 Å². The van der Waals surface area contributed by atoms with E-state index in [1.165, 1.54) is 25.7 Å². The van der Waals surface area contributed by atoms with Crippen molar-refractivity contribution < 1.29 is 9.68 Å². The van der Waals surface area contributed by atoms with Gasteiger partial charge < -0.3 is 15.0 Å². The van der Waals surface area contributed by atoms with E-state index in [4.69, 9.17) is 33.5 Å². The van der Waals surface area contributed by atoms with Crippen LogP contribution in [0.4, 0.5) is 0 Å². The normalized spacial score (nSPS) is 22.9. The molecule has 0 atom stereocenters. The van der Waals surface area contributed by atoms with Gasteiger partial charge in [0.05, 0.1) is 5.71 Å². The summed E-state index contributed by atoms with van der Waals surface area (Å²) >= 11 is 11.3. The van der Waals surface area contributed by atoms with Gasteiger partial charge in [0.2, 0.25) is 0 Å². The lowest BCUT2D eigenvalue weighted by Crippen LogP contribution is -2.47. The third kappa shape index (κ3) is 4.13. The van der Waals surface area contributed by atoms with Gasteiger partial charge in [-0.3, -0.25) is 0 Å². The number of benzene rings is 1. The zero-order valence-corrected chi connectivity index (χ0v) is 16.3. The highest BCUT2D eigenvalue weighted by atomic mass is 35.5. The molecule has 0 unspecified atom stereocenters. The first-order valence-corrected chi connectivity index (χ1v) is 10.1. The molecule has 1 spiro atoms. The number of hydrogen-bond donors (Lipinski definition) is 1. The molecule has 1 aromatic rings. The summed E-state index contributed by atoms with van der Waals surface area (Å²) in [4.78, 5) is 11.7. The van der Waals surface area contributed by atoms with Gasteiger partial charge in [0.15, 0.2) is 0 Å². The second kappa shape index (κ2) is 7.71. The number of nitrogens with zero attached hydrogens (tertiary/aromatic N) is 2. The van der Waals surface area contributed by atoms with Gasteiger partial charge in [-0.1, -0.05) is 41.7 Å². The number of oxime groups is 1. The largest absolute Gasteiger partial charge is 0.388 e.